The van der Waals surface area contributed by atoms with Gasteiger partial charge in [0.25, 0.3) is 0 Å². The fourth-order valence-corrected chi connectivity index (χ4v) is 8.78. The topological polar surface area (TPSA) is 12.5 Å². The Kier molecular flexibility index (Phi) is 9.19. The van der Waals surface area contributed by atoms with Gasteiger partial charge in [-0.25, -0.2) is 0 Å². The third kappa shape index (κ3) is 6.10. The van der Waals surface area contributed by atoms with Gasteiger partial charge in [0.15, 0.2) is 0 Å². The van der Waals surface area contributed by atoms with Gasteiger partial charge in [0.1, 0.15) is 5.75 Å². The molecule has 2 fully saturated rings. The Morgan fingerprint density at radius 3 is 2.52 bits per heavy atom. The van der Waals surface area contributed by atoms with Crippen molar-refractivity contribution in [2.45, 2.75) is 116 Å². The van der Waals surface area contributed by atoms with E-state index in [0.717, 1.165) is 37.1 Å². The average molecular weight is 556 g/mol. The molecule has 3 aliphatic carbocycles. The molecule has 5 heteroatoms. The summed E-state index contributed by atoms with van der Waals surface area (Å²) in [5, 5.41) is 0. The van der Waals surface area contributed by atoms with E-state index in [4.69, 9.17) is 4.74 Å². The Morgan fingerprint density at radius 1 is 0.950 bits per heavy atom. The van der Waals surface area contributed by atoms with Gasteiger partial charge in [0.2, 0.25) is 0 Å². The van der Waals surface area contributed by atoms with Crippen molar-refractivity contribution in [1.29, 1.82) is 0 Å². The Hall–Kier alpha value is -2.01. The second-order valence-electron chi connectivity index (χ2n) is 13.1. The van der Waals surface area contributed by atoms with Gasteiger partial charge in [-0.3, -0.25) is 4.90 Å². The average Bonchev–Trinajstić information content (AvgIpc) is 3.30. The third-order valence-corrected chi connectivity index (χ3v) is 10.8. The first-order chi connectivity index (χ1) is 19.2. The monoisotopic (exact) mass is 555 g/mol. The fraction of sp³-hybridized carbons (Fsp3) is 0.657. The lowest BCUT2D eigenvalue weighted by atomic mass is 9.55. The molecule has 0 amide bonds. The van der Waals surface area contributed by atoms with Crippen LogP contribution in [-0.4, -0.2) is 24.6 Å². The zero-order valence-electron chi connectivity index (χ0n) is 24.7. The molecule has 5 atom stereocenters. The Balaban J connectivity index is 1.35. The van der Waals surface area contributed by atoms with Crippen molar-refractivity contribution in [2.75, 3.05) is 13.7 Å². The predicted molar refractivity (Wildman–Crippen MR) is 157 cm³/mol. The Morgan fingerprint density at radius 2 is 1.75 bits per heavy atom. The number of alkyl halides is 3. The van der Waals surface area contributed by atoms with Crippen LogP contribution in [-0.2, 0) is 19.1 Å². The van der Waals surface area contributed by atoms with Gasteiger partial charge >= 0.3 is 6.18 Å². The van der Waals surface area contributed by atoms with Gasteiger partial charge in [0, 0.05) is 12.6 Å². The van der Waals surface area contributed by atoms with Crippen LogP contribution in [0.3, 0.4) is 0 Å². The van der Waals surface area contributed by atoms with Gasteiger partial charge < -0.3 is 4.74 Å². The highest BCUT2D eigenvalue weighted by Gasteiger charge is 2.56. The summed E-state index contributed by atoms with van der Waals surface area (Å²) >= 11 is 0. The number of fused-ring (bicyclic) bond motifs is 5. The molecule has 0 heterocycles. The lowest BCUT2D eigenvalue weighted by Gasteiger charge is -2.52. The van der Waals surface area contributed by atoms with E-state index in [2.05, 4.69) is 36.9 Å². The third-order valence-electron chi connectivity index (χ3n) is 10.8. The molecular formula is C35H48F3NO. The summed E-state index contributed by atoms with van der Waals surface area (Å²) in [6.45, 7) is 6.36. The van der Waals surface area contributed by atoms with Crippen LogP contribution in [0.15, 0.2) is 42.5 Å². The van der Waals surface area contributed by atoms with E-state index in [9.17, 15) is 13.2 Å². The van der Waals surface area contributed by atoms with Crippen LogP contribution in [0.25, 0.3) is 0 Å². The molecule has 220 valence electrons. The van der Waals surface area contributed by atoms with Gasteiger partial charge in [0.05, 0.1) is 12.7 Å². The number of unbranched alkanes of at least 4 members (excludes halogenated alkanes) is 5. The van der Waals surface area contributed by atoms with Gasteiger partial charge in [-0.1, -0.05) is 70.2 Å². The van der Waals surface area contributed by atoms with E-state index in [1.165, 1.54) is 81.0 Å². The first-order valence-electron chi connectivity index (χ1n) is 15.8. The molecule has 3 aliphatic rings. The quantitative estimate of drug-likeness (QED) is 0.256. The fourth-order valence-electron chi connectivity index (χ4n) is 8.78. The summed E-state index contributed by atoms with van der Waals surface area (Å²) in [6.07, 6.45) is 10.3. The smallest absolute Gasteiger partial charge is 0.416 e. The highest BCUT2D eigenvalue weighted by molar-refractivity contribution is 5.40. The van der Waals surface area contributed by atoms with Crippen molar-refractivity contribution in [3.05, 3.63) is 64.7 Å². The van der Waals surface area contributed by atoms with Gasteiger partial charge in [-0.2, -0.15) is 13.2 Å². The first kappa shape index (κ1) is 29.5. The van der Waals surface area contributed by atoms with E-state index in [0.29, 0.717) is 30.3 Å². The van der Waals surface area contributed by atoms with Crippen molar-refractivity contribution in [2.24, 2.45) is 17.3 Å². The number of aryl methyl sites for hydroxylation is 1. The maximum Gasteiger partial charge on any atom is 0.416 e. The number of rotatable bonds is 11. The van der Waals surface area contributed by atoms with Crippen molar-refractivity contribution < 1.29 is 17.9 Å². The molecule has 2 aromatic rings. The second kappa shape index (κ2) is 12.5. The number of ether oxygens (including phenoxy) is 1. The molecule has 0 radical (unpaired) electrons. The zero-order valence-corrected chi connectivity index (χ0v) is 24.7. The van der Waals surface area contributed by atoms with E-state index in [-0.39, 0.29) is 5.41 Å². The summed E-state index contributed by atoms with van der Waals surface area (Å²) in [7, 11) is 1.74. The lowest BCUT2D eigenvalue weighted by molar-refractivity contribution is -0.137. The van der Waals surface area contributed by atoms with E-state index in [1.54, 1.807) is 13.2 Å². The van der Waals surface area contributed by atoms with E-state index >= 15 is 0 Å². The summed E-state index contributed by atoms with van der Waals surface area (Å²) in [5.74, 6) is 2.97. The van der Waals surface area contributed by atoms with Crippen LogP contribution in [0, 0.1) is 17.3 Å². The van der Waals surface area contributed by atoms with Crippen molar-refractivity contribution in [1.82, 2.24) is 4.90 Å². The highest BCUT2D eigenvalue weighted by Crippen LogP contribution is 2.62. The molecule has 2 aromatic carbocycles. The van der Waals surface area contributed by atoms with E-state index in [1.807, 2.05) is 6.07 Å². The van der Waals surface area contributed by atoms with Crippen LogP contribution in [0.2, 0.25) is 0 Å². The molecule has 40 heavy (non-hydrogen) atoms. The molecule has 2 nitrogen and oxygen atoms in total. The van der Waals surface area contributed by atoms with Crippen molar-refractivity contribution in [3.63, 3.8) is 0 Å². The maximum absolute atomic E-state index is 13.5. The van der Waals surface area contributed by atoms with Crippen LogP contribution in [0.4, 0.5) is 13.2 Å². The zero-order chi connectivity index (χ0) is 28.3. The van der Waals surface area contributed by atoms with E-state index < -0.39 is 11.7 Å². The molecule has 2 saturated carbocycles. The molecular weight excluding hydrogens is 507 g/mol. The summed E-state index contributed by atoms with van der Waals surface area (Å²) in [4.78, 5) is 2.59. The molecule has 0 aliphatic heterocycles. The molecule has 0 saturated heterocycles. The minimum Gasteiger partial charge on any atom is -0.497 e. The molecule has 0 unspecified atom stereocenters. The largest absolute Gasteiger partial charge is 0.497 e. The molecule has 0 N–H and O–H groups in total. The highest BCUT2D eigenvalue weighted by atomic mass is 19.4. The summed E-state index contributed by atoms with van der Waals surface area (Å²) < 4.78 is 46.1. The maximum atomic E-state index is 13.5. The van der Waals surface area contributed by atoms with Crippen molar-refractivity contribution >= 4 is 0 Å². The number of methoxy groups -OCH3 is 1. The normalized spacial score (nSPS) is 27.8. The van der Waals surface area contributed by atoms with Crippen LogP contribution < -0.4 is 4.74 Å². The number of benzene rings is 2. The van der Waals surface area contributed by atoms with Gasteiger partial charge in [-0.05, 0) is 110 Å². The molecule has 0 spiro atoms. The predicted octanol–water partition coefficient (Wildman–Crippen LogP) is 9.80. The molecule has 0 bridgehead atoms. The Labute approximate surface area is 239 Å². The minimum absolute atomic E-state index is 0.217. The number of hydrogen-bond acceptors (Lipinski definition) is 2. The summed E-state index contributed by atoms with van der Waals surface area (Å²) in [5.41, 5.74) is 3.48. The SMILES string of the molecule is CCCCCCCCN(Cc1cccc(C(F)(F)F)c1)[C@H]1CC[C@H]2[C@@H]3CCc4cc(OC)ccc4[C@H]3CC[C@]12C. The van der Waals surface area contributed by atoms with Crippen LogP contribution in [0.5, 0.6) is 5.75 Å². The first-order valence-corrected chi connectivity index (χ1v) is 15.8. The van der Waals surface area contributed by atoms with Crippen LogP contribution in [0.1, 0.15) is 113 Å². The number of halogens is 3. The van der Waals surface area contributed by atoms with Gasteiger partial charge in [-0.15, -0.1) is 0 Å². The lowest BCUT2D eigenvalue weighted by Crippen LogP contribution is -2.50. The second-order valence-corrected chi connectivity index (χ2v) is 13.1. The van der Waals surface area contributed by atoms with Crippen LogP contribution >= 0.6 is 0 Å². The number of hydrogen-bond donors (Lipinski definition) is 0. The number of nitrogens with zero attached hydrogens (tertiary/aromatic N) is 1. The van der Waals surface area contributed by atoms with Crippen molar-refractivity contribution in [3.8, 4) is 5.75 Å². The Bertz CT molecular complexity index is 1130. The standard InChI is InChI=1S/C35H48F3NO/c1-4-5-6-7-8-9-21-39(24-25-11-10-12-27(22-25)35(36,37)38)33-18-17-32-31-15-13-26-23-28(40-3)14-16-29(26)30(31)19-20-34(32,33)2/h10-12,14,16,22-23,30-33H,4-9,13,15,17-21,24H2,1-3H3/t30-,31-,32+,33+,34+/m1/s1. The minimum atomic E-state index is -4.30. The molecule has 0 aromatic heterocycles. The molecule has 5 rings (SSSR count). The summed E-state index contributed by atoms with van der Waals surface area (Å²) in [6, 6.07) is 13.2.